The van der Waals surface area contributed by atoms with Gasteiger partial charge in [-0.05, 0) is 31.2 Å². The van der Waals surface area contributed by atoms with Gasteiger partial charge in [0.1, 0.15) is 0 Å². The highest BCUT2D eigenvalue weighted by Crippen LogP contribution is 2.28. The summed E-state index contributed by atoms with van der Waals surface area (Å²) in [5.74, 6) is 0. The van der Waals surface area contributed by atoms with Gasteiger partial charge in [-0.2, -0.15) is 0 Å². The van der Waals surface area contributed by atoms with Gasteiger partial charge in [-0.1, -0.05) is 6.07 Å². The number of rotatable bonds is 2. The Hall–Kier alpha value is -2.20. The molecule has 3 rings (SSSR count). The molecule has 0 saturated heterocycles. The first-order valence-electron chi connectivity index (χ1n) is 6.30. The van der Waals surface area contributed by atoms with Gasteiger partial charge in [-0.3, -0.25) is 4.98 Å². The molecule has 1 unspecified atom stereocenters. The molecule has 0 amide bonds. The predicted molar refractivity (Wildman–Crippen MR) is 76.5 cm³/mol. The van der Waals surface area contributed by atoms with E-state index in [4.69, 9.17) is 5.73 Å². The number of hydrogen-bond donors (Lipinski definition) is 1. The van der Waals surface area contributed by atoms with Crippen molar-refractivity contribution in [3.63, 3.8) is 0 Å². The molecule has 19 heavy (non-hydrogen) atoms. The third-order valence-electron chi connectivity index (χ3n) is 3.27. The standard InChI is InChI=1S/C15H16N4/c1-10(16)15-11(12-5-3-4-7-17-12)9-14-13(18-15)6-8-19(14)2/h3-10H,16H2,1-2H3. The van der Waals surface area contributed by atoms with Gasteiger partial charge >= 0.3 is 0 Å². The number of pyridine rings is 2. The SMILES string of the molecule is CC(N)c1nc2ccn(C)c2cc1-c1ccccn1. The maximum Gasteiger partial charge on any atom is 0.0885 e. The Morgan fingerprint density at radius 1 is 1.26 bits per heavy atom. The van der Waals surface area contributed by atoms with Crippen LogP contribution in [-0.4, -0.2) is 14.5 Å². The van der Waals surface area contributed by atoms with E-state index in [2.05, 4.69) is 20.6 Å². The summed E-state index contributed by atoms with van der Waals surface area (Å²) in [4.78, 5) is 9.09. The number of nitrogens with zero attached hydrogens (tertiary/aromatic N) is 3. The molecule has 3 aromatic heterocycles. The first kappa shape index (κ1) is 11.9. The molecule has 4 nitrogen and oxygen atoms in total. The van der Waals surface area contributed by atoms with Crippen LogP contribution in [0.3, 0.4) is 0 Å². The molecule has 0 bridgehead atoms. The Balaban J connectivity index is 2.31. The largest absolute Gasteiger partial charge is 0.349 e. The van der Waals surface area contributed by atoms with Crippen LogP contribution in [-0.2, 0) is 7.05 Å². The molecule has 0 radical (unpaired) electrons. The summed E-state index contributed by atoms with van der Waals surface area (Å²) in [6.45, 7) is 1.95. The van der Waals surface area contributed by atoms with Crippen molar-refractivity contribution in [2.75, 3.05) is 0 Å². The minimum atomic E-state index is -0.124. The predicted octanol–water partition coefficient (Wildman–Crippen LogP) is 2.66. The first-order chi connectivity index (χ1) is 9.16. The molecule has 3 heterocycles. The Kier molecular flexibility index (Phi) is 2.80. The second-order valence-corrected chi connectivity index (χ2v) is 4.76. The summed E-state index contributed by atoms with van der Waals surface area (Å²) in [5, 5.41) is 0. The molecule has 96 valence electrons. The van der Waals surface area contributed by atoms with Crippen molar-refractivity contribution >= 4 is 11.0 Å². The molecule has 1 atom stereocenters. The minimum absolute atomic E-state index is 0.124. The van der Waals surface area contributed by atoms with E-state index >= 15 is 0 Å². The fraction of sp³-hybridized carbons (Fsp3) is 0.200. The van der Waals surface area contributed by atoms with E-state index in [-0.39, 0.29) is 6.04 Å². The van der Waals surface area contributed by atoms with Crippen molar-refractivity contribution < 1.29 is 0 Å². The zero-order chi connectivity index (χ0) is 13.4. The summed E-state index contributed by atoms with van der Waals surface area (Å²) < 4.78 is 2.06. The van der Waals surface area contributed by atoms with Gasteiger partial charge in [-0.25, -0.2) is 4.98 Å². The van der Waals surface area contributed by atoms with E-state index in [0.717, 1.165) is 28.0 Å². The molecular formula is C15H16N4. The molecular weight excluding hydrogens is 236 g/mol. The third kappa shape index (κ3) is 2.00. The van der Waals surface area contributed by atoms with Crippen molar-refractivity contribution in [3.8, 4) is 11.3 Å². The van der Waals surface area contributed by atoms with Crippen LogP contribution in [0.25, 0.3) is 22.3 Å². The highest BCUT2D eigenvalue weighted by Gasteiger charge is 2.14. The van der Waals surface area contributed by atoms with Gasteiger partial charge < -0.3 is 10.3 Å². The van der Waals surface area contributed by atoms with E-state index < -0.39 is 0 Å². The highest BCUT2D eigenvalue weighted by molar-refractivity contribution is 5.82. The lowest BCUT2D eigenvalue weighted by atomic mass is 10.0. The average molecular weight is 252 g/mol. The van der Waals surface area contributed by atoms with Crippen LogP contribution in [0.4, 0.5) is 0 Å². The van der Waals surface area contributed by atoms with Crippen LogP contribution in [0.15, 0.2) is 42.7 Å². The van der Waals surface area contributed by atoms with Crippen LogP contribution < -0.4 is 5.73 Å². The maximum atomic E-state index is 6.05. The van der Waals surface area contributed by atoms with E-state index in [9.17, 15) is 0 Å². The summed E-state index contributed by atoms with van der Waals surface area (Å²) in [6, 6.07) is 9.86. The Labute approximate surface area is 111 Å². The van der Waals surface area contributed by atoms with Crippen molar-refractivity contribution in [1.29, 1.82) is 0 Å². The smallest absolute Gasteiger partial charge is 0.0885 e. The maximum absolute atomic E-state index is 6.05. The lowest BCUT2D eigenvalue weighted by molar-refractivity contribution is 0.788. The average Bonchev–Trinajstić information content (AvgIpc) is 2.79. The molecule has 0 aliphatic heterocycles. The fourth-order valence-corrected chi connectivity index (χ4v) is 2.27. The van der Waals surface area contributed by atoms with E-state index in [1.165, 1.54) is 0 Å². The second kappa shape index (κ2) is 4.48. The highest BCUT2D eigenvalue weighted by atomic mass is 14.9. The summed E-state index contributed by atoms with van der Waals surface area (Å²) in [6.07, 6.45) is 3.79. The molecule has 2 N–H and O–H groups in total. The van der Waals surface area contributed by atoms with Crippen molar-refractivity contribution in [2.45, 2.75) is 13.0 Å². The fourth-order valence-electron chi connectivity index (χ4n) is 2.27. The number of aryl methyl sites for hydroxylation is 1. The zero-order valence-corrected chi connectivity index (χ0v) is 11.0. The van der Waals surface area contributed by atoms with Crippen LogP contribution >= 0.6 is 0 Å². The van der Waals surface area contributed by atoms with Gasteiger partial charge in [0.05, 0.1) is 22.4 Å². The van der Waals surface area contributed by atoms with Gasteiger partial charge in [0.15, 0.2) is 0 Å². The molecule has 0 aliphatic rings. The van der Waals surface area contributed by atoms with E-state index in [1.807, 2.05) is 44.4 Å². The Bertz CT molecular complexity index is 714. The topological polar surface area (TPSA) is 56.7 Å². The molecule has 0 aliphatic carbocycles. The second-order valence-electron chi connectivity index (χ2n) is 4.76. The molecule has 0 spiro atoms. The van der Waals surface area contributed by atoms with Crippen molar-refractivity contribution in [1.82, 2.24) is 14.5 Å². The lowest BCUT2D eigenvalue weighted by Crippen LogP contribution is -2.09. The van der Waals surface area contributed by atoms with E-state index in [0.29, 0.717) is 0 Å². The van der Waals surface area contributed by atoms with Crippen LogP contribution in [0.2, 0.25) is 0 Å². The molecule has 0 fully saturated rings. The van der Waals surface area contributed by atoms with E-state index in [1.54, 1.807) is 6.20 Å². The van der Waals surface area contributed by atoms with Crippen LogP contribution in [0.5, 0.6) is 0 Å². The van der Waals surface area contributed by atoms with Crippen LogP contribution in [0.1, 0.15) is 18.7 Å². The number of aromatic nitrogens is 3. The zero-order valence-electron chi connectivity index (χ0n) is 11.0. The molecule has 0 aromatic carbocycles. The summed E-state index contributed by atoms with van der Waals surface area (Å²) in [5.41, 5.74) is 10.9. The van der Waals surface area contributed by atoms with Crippen molar-refractivity contribution in [2.24, 2.45) is 12.8 Å². The monoisotopic (exact) mass is 252 g/mol. The summed E-state index contributed by atoms with van der Waals surface area (Å²) >= 11 is 0. The number of nitrogens with two attached hydrogens (primary N) is 1. The Morgan fingerprint density at radius 2 is 2.11 bits per heavy atom. The normalized spacial score (nSPS) is 12.8. The van der Waals surface area contributed by atoms with Crippen molar-refractivity contribution in [3.05, 3.63) is 48.4 Å². The third-order valence-corrected chi connectivity index (χ3v) is 3.27. The van der Waals surface area contributed by atoms with Gasteiger partial charge in [0, 0.05) is 31.0 Å². The quantitative estimate of drug-likeness (QED) is 0.762. The van der Waals surface area contributed by atoms with Gasteiger partial charge in [-0.15, -0.1) is 0 Å². The van der Waals surface area contributed by atoms with Crippen LogP contribution in [0, 0.1) is 0 Å². The molecule has 3 aromatic rings. The Morgan fingerprint density at radius 3 is 2.79 bits per heavy atom. The molecule has 4 heteroatoms. The summed E-state index contributed by atoms with van der Waals surface area (Å²) in [7, 11) is 2.01. The van der Waals surface area contributed by atoms with Gasteiger partial charge in [0.25, 0.3) is 0 Å². The molecule has 0 saturated carbocycles. The first-order valence-corrected chi connectivity index (χ1v) is 6.30. The minimum Gasteiger partial charge on any atom is -0.349 e. The lowest BCUT2D eigenvalue weighted by Gasteiger charge is -2.12. The number of fused-ring (bicyclic) bond motifs is 1. The number of hydrogen-bond acceptors (Lipinski definition) is 3. The van der Waals surface area contributed by atoms with Gasteiger partial charge in [0.2, 0.25) is 0 Å².